The molecule has 0 fully saturated rings. The molecule has 0 heterocycles. The summed E-state index contributed by atoms with van der Waals surface area (Å²) in [4.78, 5) is 0. The summed E-state index contributed by atoms with van der Waals surface area (Å²) < 4.78 is 19.7. The first-order valence-corrected chi connectivity index (χ1v) is 11.2. The Hall–Kier alpha value is -2.35. The molecule has 28 heavy (non-hydrogen) atoms. The van der Waals surface area contributed by atoms with E-state index in [1.54, 1.807) is 7.11 Å². The summed E-state index contributed by atoms with van der Waals surface area (Å²) in [6, 6.07) is 27.7. The normalized spacial score (nSPS) is 14.9. The van der Waals surface area contributed by atoms with Crippen LogP contribution in [-0.2, 0) is 4.57 Å². The fourth-order valence-electron chi connectivity index (χ4n) is 3.26. The van der Waals surface area contributed by atoms with Crippen molar-refractivity contribution in [3.8, 4) is 5.75 Å². The van der Waals surface area contributed by atoms with Gasteiger partial charge in [0.2, 0.25) is 0 Å². The molecule has 3 aromatic carbocycles. The van der Waals surface area contributed by atoms with E-state index in [-0.39, 0.29) is 6.04 Å². The minimum Gasteiger partial charge on any atom is -0.497 e. The molecule has 146 valence electrons. The zero-order valence-corrected chi connectivity index (χ0v) is 17.8. The SMILES string of the molecule is COc1ccc([C@H](NP(=O)(c2ccccc2)C(C)(C)C)c2ccccc2)cc1. The van der Waals surface area contributed by atoms with Gasteiger partial charge in [0.25, 0.3) is 0 Å². The molecule has 0 aliphatic carbocycles. The number of hydrogen-bond donors (Lipinski definition) is 1. The third kappa shape index (κ3) is 4.22. The van der Waals surface area contributed by atoms with Gasteiger partial charge in [-0.1, -0.05) is 93.6 Å². The third-order valence-electron chi connectivity index (χ3n) is 4.96. The van der Waals surface area contributed by atoms with Crippen LogP contribution in [-0.4, -0.2) is 12.3 Å². The van der Waals surface area contributed by atoms with Gasteiger partial charge < -0.3 is 9.30 Å². The molecule has 0 amide bonds. The number of methoxy groups -OCH3 is 1. The topological polar surface area (TPSA) is 38.3 Å². The zero-order chi connectivity index (χ0) is 20.2. The second-order valence-corrected chi connectivity index (χ2v) is 11.2. The maximum Gasteiger partial charge on any atom is 0.182 e. The Kier molecular flexibility index (Phi) is 6.07. The standard InChI is InChI=1S/C24H28NO2P/c1-24(2,3)28(26,22-13-9-6-10-14-22)25-23(19-11-7-5-8-12-19)20-15-17-21(27-4)18-16-20/h5-18,23H,1-4H3,(H,25,26)/t23-,28?/m1/s1. The van der Waals surface area contributed by atoms with E-state index in [1.165, 1.54) is 0 Å². The molecule has 1 N–H and O–H groups in total. The second kappa shape index (κ2) is 8.34. The highest BCUT2D eigenvalue weighted by Crippen LogP contribution is 2.55. The Morgan fingerprint density at radius 2 is 1.29 bits per heavy atom. The van der Waals surface area contributed by atoms with E-state index < -0.39 is 12.4 Å². The fourth-order valence-corrected chi connectivity index (χ4v) is 5.82. The van der Waals surface area contributed by atoms with Crippen molar-refractivity contribution in [2.45, 2.75) is 32.0 Å². The van der Waals surface area contributed by atoms with E-state index in [0.29, 0.717) is 0 Å². The average Bonchev–Trinajstić information content (AvgIpc) is 2.72. The molecule has 0 saturated carbocycles. The van der Waals surface area contributed by atoms with Gasteiger partial charge in [0.1, 0.15) is 5.75 Å². The molecular formula is C24H28NO2P. The van der Waals surface area contributed by atoms with E-state index in [1.807, 2.05) is 93.6 Å². The van der Waals surface area contributed by atoms with Crippen molar-refractivity contribution in [2.24, 2.45) is 0 Å². The van der Waals surface area contributed by atoms with Crippen LogP contribution in [0.5, 0.6) is 5.75 Å². The van der Waals surface area contributed by atoms with Crippen LogP contribution < -0.4 is 15.1 Å². The van der Waals surface area contributed by atoms with Crippen LogP contribution in [0.3, 0.4) is 0 Å². The van der Waals surface area contributed by atoms with E-state index in [9.17, 15) is 4.57 Å². The van der Waals surface area contributed by atoms with Crippen molar-refractivity contribution in [1.82, 2.24) is 5.09 Å². The highest BCUT2D eigenvalue weighted by atomic mass is 31.2. The number of nitrogens with one attached hydrogen (secondary N) is 1. The minimum atomic E-state index is -2.94. The Bertz CT molecular complexity index is 932. The lowest BCUT2D eigenvalue weighted by Gasteiger charge is -2.36. The van der Waals surface area contributed by atoms with E-state index >= 15 is 0 Å². The van der Waals surface area contributed by atoms with Gasteiger partial charge >= 0.3 is 0 Å². The van der Waals surface area contributed by atoms with Crippen molar-refractivity contribution >= 4 is 12.6 Å². The molecule has 0 spiro atoms. The average molecular weight is 393 g/mol. The van der Waals surface area contributed by atoms with Crippen LogP contribution >= 0.6 is 7.29 Å². The molecule has 0 aliphatic rings. The quantitative estimate of drug-likeness (QED) is 0.540. The molecule has 4 heteroatoms. The molecule has 0 radical (unpaired) electrons. The van der Waals surface area contributed by atoms with Crippen molar-refractivity contribution < 1.29 is 9.30 Å². The van der Waals surface area contributed by atoms with Crippen LogP contribution in [0.25, 0.3) is 0 Å². The summed E-state index contributed by atoms with van der Waals surface area (Å²) in [7, 11) is -1.28. The third-order valence-corrected chi connectivity index (χ3v) is 8.49. The molecular weight excluding hydrogens is 365 g/mol. The zero-order valence-electron chi connectivity index (χ0n) is 16.9. The van der Waals surface area contributed by atoms with E-state index in [4.69, 9.17) is 4.74 Å². The molecule has 1 unspecified atom stereocenters. The molecule has 3 rings (SSSR count). The number of benzene rings is 3. The van der Waals surface area contributed by atoms with Gasteiger partial charge in [0.15, 0.2) is 7.29 Å². The largest absolute Gasteiger partial charge is 0.497 e. The summed E-state index contributed by atoms with van der Waals surface area (Å²) in [6.45, 7) is 6.09. The molecule has 0 saturated heterocycles. The van der Waals surface area contributed by atoms with Crippen LogP contribution in [0.15, 0.2) is 84.9 Å². The molecule has 2 atom stereocenters. The van der Waals surface area contributed by atoms with Gasteiger partial charge in [0, 0.05) is 10.5 Å². The fraction of sp³-hybridized carbons (Fsp3) is 0.250. The maximum absolute atomic E-state index is 14.4. The number of rotatable bonds is 6. The van der Waals surface area contributed by atoms with Gasteiger partial charge in [-0.3, -0.25) is 5.09 Å². The maximum atomic E-state index is 14.4. The van der Waals surface area contributed by atoms with E-state index in [2.05, 4.69) is 17.2 Å². The van der Waals surface area contributed by atoms with Crippen molar-refractivity contribution in [1.29, 1.82) is 0 Å². The summed E-state index contributed by atoms with van der Waals surface area (Å²) >= 11 is 0. The summed E-state index contributed by atoms with van der Waals surface area (Å²) in [5, 5.41) is 3.98. The monoisotopic (exact) mass is 393 g/mol. The number of ether oxygens (including phenoxy) is 1. The highest BCUT2D eigenvalue weighted by molar-refractivity contribution is 7.71. The van der Waals surface area contributed by atoms with Crippen LogP contribution in [0.1, 0.15) is 37.9 Å². The second-order valence-electron chi connectivity index (χ2n) is 7.86. The first kappa shape index (κ1) is 20.4. The predicted molar refractivity (Wildman–Crippen MR) is 118 cm³/mol. The predicted octanol–water partition coefficient (Wildman–Crippen LogP) is 5.78. The Balaban J connectivity index is 2.10. The van der Waals surface area contributed by atoms with Gasteiger partial charge in [0.05, 0.1) is 13.2 Å². The van der Waals surface area contributed by atoms with Gasteiger partial charge in [-0.2, -0.15) is 0 Å². The first-order chi connectivity index (χ1) is 13.3. The van der Waals surface area contributed by atoms with Crippen LogP contribution in [0.2, 0.25) is 0 Å². The van der Waals surface area contributed by atoms with Crippen molar-refractivity contribution in [3.05, 3.63) is 96.1 Å². The smallest absolute Gasteiger partial charge is 0.182 e. The summed E-state index contributed by atoms with van der Waals surface area (Å²) in [5.74, 6) is 0.803. The van der Waals surface area contributed by atoms with Crippen LogP contribution in [0.4, 0.5) is 0 Å². The summed E-state index contributed by atoms with van der Waals surface area (Å²) in [6.07, 6.45) is 0. The van der Waals surface area contributed by atoms with Crippen molar-refractivity contribution in [3.63, 3.8) is 0 Å². The summed E-state index contributed by atoms with van der Waals surface area (Å²) in [5.41, 5.74) is 2.13. The molecule has 0 bridgehead atoms. The Labute approximate surface area is 168 Å². The highest BCUT2D eigenvalue weighted by Gasteiger charge is 2.40. The Morgan fingerprint density at radius 1 is 0.786 bits per heavy atom. The number of hydrogen-bond acceptors (Lipinski definition) is 2. The van der Waals surface area contributed by atoms with Gasteiger partial charge in [-0.05, 0) is 23.3 Å². The minimum absolute atomic E-state index is 0.197. The Morgan fingerprint density at radius 3 is 1.79 bits per heavy atom. The molecule has 3 aromatic rings. The van der Waals surface area contributed by atoms with Gasteiger partial charge in [-0.25, -0.2) is 0 Å². The lowest BCUT2D eigenvalue weighted by Crippen LogP contribution is -2.35. The molecule has 0 aromatic heterocycles. The van der Waals surface area contributed by atoms with E-state index in [0.717, 1.165) is 22.2 Å². The lowest BCUT2D eigenvalue weighted by molar-refractivity contribution is 0.414. The van der Waals surface area contributed by atoms with Crippen molar-refractivity contribution in [2.75, 3.05) is 7.11 Å². The van der Waals surface area contributed by atoms with Gasteiger partial charge in [-0.15, -0.1) is 0 Å². The first-order valence-electron chi connectivity index (χ1n) is 9.47. The molecule has 3 nitrogen and oxygen atoms in total. The lowest BCUT2D eigenvalue weighted by atomic mass is 10.00. The van der Waals surface area contributed by atoms with Crippen LogP contribution in [0, 0.1) is 0 Å². The molecule has 0 aliphatic heterocycles.